The van der Waals surface area contributed by atoms with Crippen molar-refractivity contribution in [3.8, 4) is 11.8 Å². The summed E-state index contributed by atoms with van der Waals surface area (Å²) in [5.41, 5.74) is 2.03. The normalized spacial score (nSPS) is 16.8. The van der Waals surface area contributed by atoms with Gasteiger partial charge in [0.25, 0.3) is 0 Å². The maximum absolute atomic E-state index is 13.1. The predicted octanol–water partition coefficient (Wildman–Crippen LogP) is 3.41. The maximum Gasteiger partial charge on any atom is 0.123 e. The van der Waals surface area contributed by atoms with Gasteiger partial charge in [0.05, 0.1) is 6.10 Å². The van der Waals surface area contributed by atoms with Gasteiger partial charge in [-0.25, -0.2) is 4.39 Å². The molecule has 132 valence electrons. The van der Waals surface area contributed by atoms with E-state index in [-0.39, 0.29) is 18.5 Å². The molecule has 1 aromatic carbocycles. The fourth-order valence-corrected chi connectivity index (χ4v) is 3.86. The van der Waals surface area contributed by atoms with Crippen molar-refractivity contribution in [3.05, 3.63) is 57.5 Å². The molecule has 5 heteroatoms. The average molecular weight is 359 g/mol. The van der Waals surface area contributed by atoms with E-state index in [1.807, 2.05) is 17.5 Å². The van der Waals surface area contributed by atoms with E-state index in [1.54, 1.807) is 11.3 Å². The first kappa shape index (κ1) is 18.1. The third kappa shape index (κ3) is 5.65. The Balaban J connectivity index is 1.68. The fourth-order valence-electron chi connectivity index (χ4n) is 3.00. The van der Waals surface area contributed by atoms with Gasteiger partial charge in [0, 0.05) is 42.1 Å². The molecule has 1 N–H and O–H groups in total. The summed E-state index contributed by atoms with van der Waals surface area (Å²) in [5, 5.41) is 10.8. The first-order chi connectivity index (χ1) is 12.2. The molecule has 0 bridgehead atoms. The molecule has 0 radical (unpaired) electrons. The van der Waals surface area contributed by atoms with E-state index < -0.39 is 0 Å². The zero-order valence-corrected chi connectivity index (χ0v) is 14.9. The number of nitrogens with zero attached hydrogens (tertiary/aromatic N) is 1. The number of ether oxygens (including phenoxy) is 1. The second-order valence-electron chi connectivity index (χ2n) is 6.19. The minimum atomic E-state index is -0.209. The predicted molar refractivity (Wildman–Crippen MR) is 97.8 cm³/mol. The van der Waals surface area contributed by atoms with Crippen LogP contribution in [0.15, 0.2) is 35.7 Å². The lowest BCUT2D eigenvalue weighted by Crippen LogP contribution is -2.31. The van der Waals surface area contributed by atoms with Crippen LogP contribution in [-0.2, 0) is 17.8 Å². The smallest absolute Gasteiger partial charge is 0.123 e. The third-order valence-corrected chi connectivity index (χ3v) is 5.07. The Bertz CT molecular complexity index is 726. The highest BCUT2D eigenvalue weighted by atomic mass is 32.1. The monoisotopic (exact) mass is 359 g/mol. The number of thiophene rings is 1. The zero-order valence-electron chi connectivity index (χ0n) is 14.1. The van der Waals surface area contributed by atoms with Gasteiger partial charge in [0.2, 0.25) is 0 Å². The van der Waals surface area contributed by atoms with E-state index in [0.29, 0.717) is 0 Å². The number of aliphatic hydroxyl groups is 1. The lowest BCUT2D eigenvalue weighted by molar-refractivity contribution is 0.0682. The van der Waals surface area contributed by atoms with Crippen LogP contribution in [0.5, 0.6) is 0 Å². The van der Waals surface area contributed by atoms with Gasteiger partial charge in [-0.15, -0.1) is 11.3 Å². The highest BCUT2D eigenvalue weighted by Gasteiger charge is 2.20. The highest BCUT2D eigenvalue weighted by Crippen LogP contribution is 2.21. The van der Waals surface area contributed by atoms with Gasteiger partial charge in [0.15, 0.2) is 0 Å². The van der Waals surface area contributed by atoms with Gasteiger partial charge < -0.3 is 9.84 Å². The molecule has 0 amide bonds. The molecule has 1 fully saturated rings. The summed E-state index contributed by atoms with van der Waals surface area (Å²) < 4.78 is 18.9. The van der Waals surface area contributed by atoms with Crippen molar-refractivity contribution in [1.29, 1.82) is 0 Å². The van der Waals surface area contributed by atoms with Crippen molar-refractivity contribution in [2.75, 3.05) is 19.8 Å². The molecule has 0 aliphatic carbocycles. The SMILES string of the molecule is OCC#Cc1csc(CN(Cc2ccc(F)cc2)C[C@H]2CCCO2)c1. The summed E-state index contributed by atoms with van der Waals surface area (Å²) >= 11 is 1.67. The Morgan fingerprint density at radius 2 is 2.12 bits per heavy atom. The standard InChI is InChI=1S/C20H22FNO2S/c21-18-7-5-16(6-8-18)12-22(13-19-4-2-10-24-19)14-20-11-17(15-25-20)3-1-9-23/h5-8,11,15,19,23H,2,4,9-10,12-14H2/t19-/m1/s1. The van der Waals surface area contributed by atoms with Gasteiger partial charge in [-0.3, -0.25) is 4.90 Å². The second kappa shape index (κ2) is 9.12. The van der Waals surface area contributed by atoms with E-state index in [4.69, 9.17) is 9.84 Å². The molecule has 1 aliphatic rings. The number of halogens is 1. The summed E-state index contributed by atoms with van der Waals surface area (Å²) in [6.45, 7) is 3.15. The number of aliphatic hydroxyl groups excluding tert-OH is 1. The van der Waals surface area contributed by atoms with Crippen LogP contribution >= 0.6 is 11.3 Å². The lowest BCUT2D eigenvalue weighted by atomic mass is 10.1. The molecule has 1 atom stereocenters. The Morgan fingerprint density at radius 1 is 1.28 bits per heavy atom. The maximum atomic E-state index is 13.1. The summed E-state index contributed by atoms with van der Waals surface area (Å²) in [5.74, 6) is 5.41. The fraction of sp³-hybridized carbons (Fsp3) is 0.400. The number of rotatable bonds is 6. The summed E-state index contributed by atoms with van der Waals surface area (Å²) in [6, 6.07) is 8.76. The molecule has 3 rings (SSSR count). The molecule has 2 aromatic rings. The Hall–Kier alpha value is -1.71. The lowest BCUT2D eigenvalue weighted by Gasteiger charge is -2.24. The van der Waals surface area contributed by atoms with E-state index in [2.05, 4.69) is 22.8 Å². The molecular formula is C20H22FNO2S. The minimum absolute atomic E-state index is 0.124. The number of hydrogen-bond donors (Lipinski definition) is 1. The molecule has 3 nitrogen and oxygen atoms in total. The molecule has 1 aromatic heterocycles. The minimum Gasteiger partial charge on any atom is -0.384 e. The summed E-state index contributed by atoms with van der Waals surface area (Å²) in [4.78, 5) is 3.57. The molecule has 1 aliphatic heterocycles. The average Bonchev–Trinajstić information content (AvgIpc) is 3.27. The van der Waals surface area contributed by atoms with Crippen LogP contribution in [0.3, 0.4) is 0 Å². The van der Waals surface area contributed by atoms with E-state index in [0.717, 1.165) is 50.2 Å². The molecule has 0 spiro atoms. The van der Waals surface area contributed by atoms with Crippen molar-refractivity contribution >= 4 is 11.3 Å². The molecular weight excluding hydrogens is 337 g/mol. The van der Waals surface area contributed by atoms with Gasteiger partial charge in [-0.1, -0.05) is 24.0 Å². The van der Waals surface area contributed by atoms with E-state index >= 15 is 0 Å². The largest absolute Gasteiger partial charge is 0.384 e. The molecule has 0 saturated carbocycles. The summed E-state index contributed by atoms with van der Waals surface area (Å²) in [7, 11) is 0. The molecule has 25 heavy (non-hydrogen) atoms. The number of benzene rings is 1. The topological polar surface area (TPSA) is 32.7 Å². The van der Waals surface area contributed by atoms with E-state index in [1.165, 1.54) is 17.0 Å². The van der Waals surface area contributed by atoms with E-state index in [9.17, 15) is 4.39 Å². The van der Waals surface area contributed by atoms with Crippen molar-refractivity contribution in [2.45, 2.75) is 32.0 Å². The zero-order chi connectivity index (χ0) is 17.5. The first-order valence-corrected chi connectivity index (χ1v) is 9.36. The Morgan fingerprint density at radius 3 is 2.84 bits per heavy atom. The van der Waals surface area contributed by atoms with Crippen molar-refractivity contribution < 1.29 is 14.2 Å². The van der Waals surface area contributed by atoms with Crippen LogP contribution in [-0.4, -0.2) is 35.9 Å². The molecule has 0 unspecified atom stereocenters. The highest BCUT2D eigenvalue weighted by molar-refractivity contribution is 7.10. The van der Waals surface area contributed by atoms with Crippen molar-refractivity contribution in [3.63, 3.8) is 0 Å². The quantitative estimate of drug-likeness (QED) is 0.803. The van der Waals surface area contributed by atoms with Crippen LogP contribution in [0.4, 0.5) is 4.39 Å². The van der Waals surface area contributed by atoms with Crippen LogP contribution in [0.1, 0.15) is 28.8 Å². The van der Waals surface area contributed by atoms with Crippen LogP contribution < -0.4 is 0 Å². The molecule has 1 saturated heterocycles. The van der Waals surface area contributed by atoms with Gasteiger partial charge in [0.1, 0.15) is 12.4 Å². The summed E-state index contributed by atoms with van der Waals surface area (Å²) in [6.07, 6.45) is 2.49. The Labute approximate surface area is 152 Å². The number of hydrogen-bond acceptors (Lipinski definition) is 4. The first-order valence-electron chi connectivity index (χ1n) is 8.48. The van der Waals surface area contributed by atoms with Crippen molar-refractivity contribution in [2.24, 2.45) is 0 Å². The van der Waals surface area contributed by atoms with Gasteiger partial charge in [-0.2, -0.15) is 0 Å². The van der Waals surface area contributed by atoms with Crippen LogP contribution in [0.2, 0.25) is 0 Å². The van der Waals surface area contributed by atoms with Crippen LogP contribution in [0, 0.1) is 17.7 Å². The van der Waals surface area contributed by atoms with Gasteiger partial charge >= 0.3 is 0 Å². The second-order valence-corrected chi connectivity index (χ2v) is 7.19. The third-order valence-electron chi connectivity index (χ3n) is 4.15. The van der Waals surface area contributed by atoms with Crippen molar-refractivity contribution in [1.82, 2.24) is 4.90 Å². The Kier molecular flexibility index (Phi) is 6.60. The van der Waals surface area contributed by atoms with Crippen LogP contribution in [0.25, 0.3) is 0 Å². The molecule has 2 heterocycles. The van der Waals surface area contributed by atoms with Gasteiger partial charge in [-0.05, 0) is 36.6 Å².